The number of halogens is 2. The summed E-state index contributed by atoms with van der Waals surface area (Å²) in [6, 6.07) is 4.25. The summed E-state index contributed by atoms with van der Waals surface area (Å²) in [4.78, 5) is 0. The Kier molecular flexibility index (Phi) is 7.45. The highest BCUT2D eigenvalue weighted by molar-refractivity contribution is 9.09. The molecule has 15 heavy (non-hydrogen) atoms. The molecule has 0 fully saturated rings. The SMILES string of the molecule is BrCCCCc1ccc(CCCCBr)o1. The molecular weight excluding hydrogens is 320 g/mol. The zero-order valence-electron chi connectivity index (χ0n) is 8.98. The van der Waals surface area contributed by atoms with Crippen molar-refractivity contribution >= 4 is 31.9 Å². The number of furan rings is 1. The van der Waals surface area contributed by atoms with Gasteiger partial charge in [-0.05, 0) is 37.8 Å². The van der Waals surface area contributed by atoms with Gasteiger partial charge >= 0.3 is 0 Å². The molecule has 0 atom stereocenters. The molecule has 1 aromatic heterocycles. The summed E-state index contributed by atoms with van der Waals surface area (Å²) in [5.74, 6) is 2.29. The fourth-order valence-corrected chi connectivity index (χ4v) is 2.27. The fourth-order valence-electron chi connectivity index (χ4n) is 1.48. The van der Waals surface area contributed by atoms with Gasteiger partial charge in [0.2, 0.25) is 0 Å². The van der Waals surface area contributed by atoms with Crippen LogP contribution in [0.25, 0.3) is 0 Å². The molecule has 1 rings (SSSR count). The maximum absolute atomic E-state index is 5.75. The zero-order chi connectivity index (χ0) is 10.9. The van der Waals surface area contributed by atoms with Gasteiger partial charge in [0.05, 0.1) is 0 Å². The van der Waals surface area contributed by atoms with E-state index in [0.29, 0.717) is 0 Å². The molecule has 0 aliphatic rings. The Balaban J connectivity index is 2.23. The van der Waals surface area contributed by atoms with Crippen LogP contribution in [0.2, 0.25) is 0 Å². The van der Waals surface area contributed by atoms with Gasteiger partial charge in [-0.15, -0.1) is 0 Å². The van der Waals surface area contributed by atoms with Crippen molar-refractivity contribution in [2.75, 3.05) is 10.7 Å². The largest absolute Gasteiger partial charge is 0.466 e. The third-order valence-electron chi connectivity index (χ3n) is 2.33. The van der Waals surface area contributed by atoms with Crippen molar-refractivity contribution in [1.82, 2.24) is 0 Å². The van der Waals surface area contributed by atoms with Crippen LogP contribution in [0, 0.1) is 0 Å². The number of hydrogen-bond acceptors (Lipinski definition) is 1. The second-order valence-corrected chi connectivity index (χ2v) is 5.25. The topological polar surface area (TPSA) is 13.1 Å². The lowest BCUT2D eigenvalue weighted by Gasteiger charge is -1.96. The molecule has 0 saturated carbocycles. The van der Waals surface area contributed by atoms with Gasteiger partial charge in [-0.25, -0.2) is 0 Å². The van der Waals surface area contributed by atoms with Crippen LogP contribution in [0.15, 0.2) is 16.5 Å². The van der Waals surface area contributed by atoms with Crippen molar-refractivity contribution in [3.63, 3.8) is 0 Å². The Bertz CT molecular complexity index is 233. The first-order chi connectivity index (χ1) is 7.36. The molecule has 0 aliphatic carbocycles. The molecule has 0 aliphatic heterocycles. The lowest BCUT2D eigenvalue weighted by Crippen LogP contribution is -1.84. The van der Waals surface area contributed by atoms with E-state index < -0.39 is 0 Å². The standard InChI is InChI=1S/C12H18Br2O/c13-9-3-1-5-11-7-8-12(15-11)6-2-4-10-14/h7-8H,1-6,9-10H2. The summed E-state index contributed by atoms with van der Waals surface area (Å²) in [6.45, 7) is 0. The van der Waals surface area contributed by atoms with E-state index in [9.17, 15) is 0 Å². The smallest absolute Gasteiger partial charge is 0.104 e. The molecule has 0 unspecified atom stereocenters. The first kappa shape index (κ1) is 13.3. The van der Waals surface area contributed by atoms with Crippen LogP contribution in [0.5, 0.6) is 0 Å². The Morgan fingerprint density at radius 3 is 1.67 bits per heavy atom. The summed E-state index contributed by atoms with van der Waals surface area (Å²) < 4.78 is 5.75. The van der Waals surface area contributed by atoms with Crippen LogP contribution < -0.4 is 0 Å². The Labute approximate surface area is 109 Å². The van der Waals surface area contributed by atoms with E-state index >= 15 is 0 Å². The fraction of sp³-hybridized carbons (Fsp3) is 0.667. The number of rotatable bonds is 8. The Hall–Kier alpha value is 0.240. The summed E-state index contributed by atoms with van der Waals surface area (Å²) in [5, 5.41) is 2.18. The van der Waals surface area contributed by atoms with Crippen LogP contribution >= 0.6 is 31.9 Å². The number of aryl methyl sites for hydroxylation is 2. The third kappa shape index (κ3) is 5.76. The predicted molar refractivity (Wildman–Crippen MR) is 72.2 cm³/mol. The minimum atomic E-state index is 1.07. The number of alkyl halides is 2. The van der Waals surface area contributed by atoms with Gasteiger partial charge in [-0.1, -0.05) is 31.9 Å². The minimum Gasteiger partial charge on any atom is -0.466 e. The summed E-state index contributed by atoms with van der Waals surface area (Å²) >= 11 is 6.87. The molecule has 0 amide bonds. The van der Waals surface area contributed by atoms with Crippen LogP contribution in [-0.4, -0.2) is 10.7 Å². The molecule has 0 radical (unpaired) electrons. The van der Waals surface area contributed by atoms with E-state index in [2.05, 4.69) is 44.0 Å². The maximum atomic E-state index is 5.75. The van der Waals surface area contributed by atoms with Crippen molar-refractivity contribution in [3.8, 4) is 0 Å². The number of hydrogen-bond donors (Lipinski definition) is 0. The molecule has 0 bridgehead atoms. The number of unbranched alkanes of at least 4 members (excludes halogenated alkanes) is 2. The quantitative estimate of drug-likeness (QED) is 0.494. The normalized spacial score (nSPS) is 10.8. The molecule has 0 spiro atoms. The lowest BCUT2D eigenvalue weighted by atomic mass is 10.2. The maximum Gasteiger partial charge on any atom is 0.104 e. The third-order valence-corrected chi connectivity index (χ3v) is 3.45. The van der Waals surface area contributed by atoms with Gasteiger partial charge in [-0.2, -0.15) is 0 Å². The summed E-state index contributed by atoms with van der Waals surface area (Å²) in [6.07, 6.45) is 7.01. The second kappa shape index (κ2) is 8.40. The highest BCUT2D eigenvalue weighted by Crippen LogP contribution is 2.13. The molecule has 0 saturated heterocycles. The monoisotopic (exact) mass is 336 g/mol. The van der Waals surface area contributed by atoms with Crippen molar-refractivity contribution in [2.24, 2.45) is 0 Å². The van der Waals surface area contributed by atoms with E-state index in [1.54, 1.807) is 0 Å². The second-order valence-electron chi connectivity index (χ2n) is 3.66. The minimum absolute atomic E-state index is 1.07. The van der Waals surface area contributed by atoms with Crippen LogP contribution in [0.4, 0.5) is 0 Å². The zero-order valence-corrected chi connectivity index (χ0v) is 12.1. The van der Waals surface area contributed by atoms with E-state index in [0.717, 1.165) is 35.0 Å². The van der Waals surface area contributed by atoms with Gasteiger partial charge in [0, 0.05) is 23.5 Å². The van der Waals surface area contributed by atoms with Crippen LogP contribution in [0.1, 0.15) is 37.2 Å². The first-order valence-electron chi connectivity index (χ1n) is 5.56. The Morgan fingerprint density at radius 2 is 1.27 bits per heavy atom. The molecule has 0 aromatic carbocycles. The molecule has 86 valence electrons. The highest BCUT2D eigenvalue weighted by atomic mass is 79.9. The van der Waals surface area contributed by atoms with Gasteiger partial charge in [0.15, 0.2) is 0 Å². The van der Waals surface area contributed by atoms with Gasteiger partial charge in [-0.3, -0.25) is 0 Å². The van der Waals surface area contributed by atoms with Crippen molar-refractivity contribution in [3.05, 3.63) is 23.7 Å². The average molecular weight is 338 g/mol. The van der Waals surface area contributed by atoms with E-state index in [4.69, 9.17) is 4.42 Å². The lowest BCUT2D eigenvalue weighted by molar-refractivity contribution is 0.454. The van der Waals surface area contributed by atoms with Crippen LogP contribution in [0.3, 0.4) is 0 Å². The Morgan fingerprint density at radius 1 is 0.800 bits per heavy atom. The predicted octanol–water partition coefficient (Wildman–Crippen LogP) is 4.71. The highest BCUT2D eigenvalue weighted by Gasteiger charge is 2.01. The molecule has 1 heterocycles. The van der Waals surface area contributed by atoms with Crippen molar-refractivity contribution in [1.29, 1.82) is 0 Å². The van der Waals surface area contributed by atoms with E-state index in [-0.39, 0.29) is 0 Å². The molecule has 1 nitrogen and oxygen atoms in total. The van der Waals surface area contributed by atoms with Crippen molar-refractivity contribution < 1.29 is 4.42 Å². The first-order valence-corrected chi connectivity index (χ1v) is 7.80. The summed E-state index contributed by atoms with van der Waals surface area (Å²) in [5.41, 5.74) is 0. The van der Waals surface area contributed by atoms with Gasteiger partial charge in [0.25, 0.3) is 0 Å². The van der Waals surface area contributed by atoms with Gasteiger partial charge < -0.3 is 4.42 Å². The van der Waals surface area contributed by atoms with Crippen LogP contribution in [-0.2, 0) is 12.8 Å². The van der Waals surface area contributed by atoms with Crippen molar-refractivity contribution in [2.45, 2.75) is 38.5 Å². The average Bonchev–Trinajstić information content (AvgIpc) is 2.67. The molecule has 1 aromatic rings. The van der Waals surface area contributed by atoms with E-state index in [1.807, 2.05) is 0 Å². The molecule has 0 N–H and O–H groups in total. The van der Waals surface area contributed by atoms with E-state index in [1.165, 1.54) is 25.7 Å². The molecular formula is C12H18Br2O. The van der Waals surface area contributed by atoms with Gasteiger partial charge in [0.1, 0.15) is 11.5 Å². The molecule has 3 heteroatoms. The summed E-state index contributed by atoms with van der Waals surface area (Å²) in [7, 11) is 0.